The lowest BCUT2D eigenvalue weighted by molar-refractivity contribution is -0.124. The van der Waals surface area contributed by atoms with Crippen LogP contribution in [-0.4, -0.2) is 44.7 Å². The number of likely N-dealkylation sites (N-methyl/N-ethyl adjacent to an activating group) is 1. The minimum absolute atomic E-state index is 0.219. The molecule has 0 spiro atoms. The molecule has 0 bridgehead atoms. The molecule has 3 unspecified atom stereocenters. The van der Waals surface area contributed by atoms with Crippen LogP contribution < -0.4 is 10.6 Å². The predicted octanol–water partition coefficient (Wildman–Crippen LogP) is 1.21. The van der Waals surface area contributed by atoms with Gasteiger partial charge < -0.3 is 10.6 Å². The molecule has 0 aliphatic heterocycles. The lowest BCUT2D eigenvalue weighted by Gasteiger charge is -2.29. The van der Waals surface area contributed by atoms with Gasteiger partial charge in [-0.05, 0) is 24.2 Å². The molecule has 2 amide bonds. The molecule has 4 rings (SSSR count). The van der Waals surface area contributed by atoms with Crippen molar-refractivity contribution in [3.63, 3.8) is 0 Å². The summed E-state index contributed by atoms with van der Waals surface area (Å²) in [6.07, 6.45) is 6.85. The fourth-order valence-electron chi connectivity index (χ4n) is 3.89. The Morgan fingerprint density at radius 3 is 2.70 bits per heavy atom. The van der Waals surface area contributed by atoms with Gasteiger partial charge in [-0.1, -0.05) is 20.8 Å². The Hall–Kier alpha value is -2.77. The number of hydrogen-bond acceptors (Lipinski definition) is 5. The Labute approximate surface area is 157 Å². The van der Waals surface area contributed by atoms with Crippen LogP contribution in [0.15, 0.2) is 18.6 Å². The standard InChI is InChI=1S/C19H24N6O2/c1-19(2,3)16(18(27)20-4)23-17(26)14-12-8-10-7-11(10)15(12)25(24-14)13-9-21-5-6-22-13/h5-6,9-11,16H,7-8H2,1-4H3,(H,20,27)(H,23,26). The highest BCUT2D eigenvalue weighted by molar-refractivity contribution is 5.98. The van der Waals surface area contributed by atoms with Crippen LogP contribution >= 0.6 is 0 Å². The number of fused-ring (bicyclic) bond motifs is 3. The van der Waals surface area contributed by atoms with Gasteiger partial charge in [0.25, 0.3) is 5.91 Å². The number of rotatable bonds is 4. The molecule has 3 atom stereocenters. The summed E-state index contributed by atoms with van der Waals surface area (Å²) in [4.78, 5) is 33.8. The first-order chi connectivity index (χ1) is 12.8. The summed E-state index contributed by atoms with van der Waals surface area (Å²) in [6, 6.07) is -0.650. The van der Waals surface area contributed by atoms with Crippen molar-refractivity contribution in [2.45, 2.75) is 45.6 Å². The summed E-state index contributed by atoms with van der Waals surface area (Å²) in [5.74, 6) is 1.10. The highest BCUT2D eigenvalue weighted by Crippen LogP contribution is 2.57. The fourth-order valence-corrected chi connectivity index (χ4v) is 3.89. The number of nitrogens with zero attached hydrogens (tertiary/aromatic N) is 4. The Morgan fingerprint density at radius 1 is 1.30 bits per heavy atom. The zero-order valence-electron chi connectivity index (χ0n) is 16.0. The highest BCUT2D eigenvalue weighted by atomic mass is 16.2. The minimum atomic E-state index is -0.650. The van der Waals surface area contributed by atoms with Crippen LogP contribution in [0.3, 0.4) is 0 Å². The maximum absolute atomic E-state index is 13.0. The third-order valence-corrected chi connectivity index (χ3v) is 5.40. The van der Waals surface area contributed by atoms with Gasteiger partial charge >= 0.3 is 0 Å². The molecule has 1 fully saturated rings. The molecular weight excluding hydrogens is 344 g/mol. The molecule has 0 radical (unpaired) electrons. The van der Waals surface area contributed by atoms with E-state index < -0.39 is 11.5 Å². The largest absolute Gasteiger partial charge is 0.357 e. The monoisotopic (exact) mass is 368 g/mol. The third-order valence-electron chi connectivity index (χ3n) is 5.40. The van der Waals surface area contributed by atoms with Crippen molar-refractivity contribution in [3.05, 3.63) is 35.5 Å². The van der Waals surface area contributed by atoms with Crippen LogP contribution in [0.5, 0.6) is 0 Å². The number of carbonyl (C=O) groups is 2. The second-order valence-corrected chi connectivity index (χ2v) is 8.38. The Balaban J connectivity index is 1.69. The summed E-state index contributed by atoms with van der Waals surface area (Å²) >= 11 is 0. The lowest BCUT2D eigenvalue weighted by atomic mass is 9.86. The molecule has 8 nitrogen and oxygen atoms in total. The van der Waals surface area contributed by atoms with E-state index in [0.29, 0.717) is 23.3 Å². The van der Waals surface area contributed by atoms with E-state index >= 15 is 0 Å². The first-order valence-corrected chi connectivity index (χ1v) is 9.22. The normalized spacial score (nSPS) is 21.2. The van der Waals surface area contributed by atoms with Crippen molar-refractivity contribution in [1.29, 1.82) is 0 Å². The molecule has 2 N–H and O–H groups in total. The second-order valence-electron chi connectivity index (χ2n) is 8.38. The van der Waals surface area contributed by atoms with Gasteiger partial charge in [-0.2, -0.15) is 5.10 Å². The van der Waals surface area contributed by atoms with Crippen molar-refractivity contribution in [2.24, 2.45) is 11.3 Å². The Morgan fingerprint density at radius 2 is 2.07 bits per heavy atom. The number of amides is 2. The van der Waals surface area contributed by atoms with Crippen molar-refractivity contribution in [2.75, 3.05) is 7.05 Å². The minimum Gasteiger partial charge on any atom is -0.357 e. The molecule has 2 aliphatic rings. The third kappa shape index (κ3) is 2.98. The first-order valence-electron chi connectivity index (χ1n) is 9.22. The smallest absolute Gasteiger partial charge is 0.272 e. The number of hydrogen-bond donors (Lipinski definition) is 2. The molecular formula is C19H24N6O2. The van der Waals surface area contributed by atoms with E-state index in [-0.39, 0.29) is 11.8 Å². The van der Waals surface area contributed by atoms with Crippen molar-refractivity contribution in [3.8, 4) is 5.82 Å². The molecule has 27 heavy (non-hydrogen) atoms. The van der Waals surface area contributed by atoms with E-state index in [1.54, 1.807) is 30.3 Å². The first kappa shape index (κ1) is 17.6. The molecule has 0 saturated heterocycles. The molecule has 2 heterocycles. The van der Waals surface area contributed by atoms with Gasteiger partial charge in [0, 0.05) is 30.9 Å². The van der Waals surface area contributed by atoms with Gasteiger partial charge in [0.1, 0.15) is 6.04 Å². The molecule has 142 valence electrons. The molecule has 2 aliphatic carbocycles. The van der Waals surface area contributed by atoms with Crippen LogP contribution in [0, 0.1) is 11.3 Å². The SMILES string of the molecule is CNC(=O)C(NC(=O)c1nn(-c2cnccn2)c2c1CC1CC21)C(C)(C)C. The van der Waals surface area contributed by atoms with Gasteiger partial charge in [0.15, 0.2) is 11.5 Å². The van der Waals surface area contributed by atoms with Gasteiger partial charge in [-0.15, -0.1) is 0 Å². The van der Waals surface area contributed by atoms with Crippen molar-refractivity contribution in [1.82, 2.24) is 30.4 Å². The van der Waals surface area contributed by atoms with Gasteiger partial charge in [0.05, 0.1) is 11.9 Å². The molecule has 8 heteroatoms. The second kappa shape index (κ2) is 6.14. The van der Waals surface area contributed by atoms with Gasteiger partial charge in [0.2, 0.25) is 5.91 Å². The predicted molar refractivity (Wildman–Crippen MR) is 98.5 cm³/mol. The summed E-state index contributed by atoms with van der Waals surface area (Å²) in [5.41, 5.74) is 2.01. The Kier molecular flexibility index (Phi) is 4.01. The number of aromatic nitrogens is 4. The van der Waals surface area contributed by atoms with Crippen LogP contribution in [0.25, 0.3) is 5.82 Å². The van der Waals surface area contributed by atoms with E-state index in [9.17, 15) is 9.59 Å². The average Bonchev–Trinajstić information content (AvgIpc) is 3.14. The summed E-state index contributed by atoms with van der Waals surface area (Å²) in [7, 11) is 1.57. The van der Waals surface area contributed by atoms with E-state index in [1.807, 2.05) is 20.8 Å². The highest BCUT2D eigenvalue weighted by Gasteiger charge is 2.50. The number of nitrogens with one attached hydrogen (secondary N) is 2. The van der Waals surface area contributed by atoms with E-state index in [0.717, 1.165) is 24.1 Å². The van der Waals surface area contributed by atoms with Crippen LogP contribution in [-0.2, 0) is 11.2 Å². The van der Waals surface area contributed by atoms with E-state index in [2.05, 4.69) is 25.7 Å². The molecule has 1 saturated carbocycles. The van der Waals surface area contributed by atoms with Crippen LogP contribution in [0.1, 0.15) is 54.9 Å². The topological polar surface area (TPSA) is 102 Å². The lowest BCUT2D eigenvalue weighted by Crippen LogP contribution is -2.53. The van der Waals surface area contributed by atoms with Crippen LogP contribution in [0.4, 0.5) is 0 Å². The molecule has 2 aromatic rings. The van der Waals surface area contributed by atoms with Gasteiger partial charge in [-0.25, -0.2) is 9.67 Å². The summed E-state index contributed by atoms with van der Waals surface area (Å²) in [5, 5.41) is 10.1. The Bertz CT molecular complexity index is 899. The van der Waals surface area contributed by atoms with Gasteiger partial charge in [-0.3, -0.25) is 14.6 Å². The fraction of sp³-hybridized carbons (Fsp3) is 0.526. The zero-order valence-corrected chi connectivity index (χ0v) is 16.0. The maximum Gasteiger partial charge on any atom is 0.272 e. The molecule has 0 aromatic carbocycles. The van der Waals surface area contributed by atoms with E-state index in [4.69, 9.17) is 0 Å². The number of carbonyl (C=O) groups excluding carboxylic acids is 2. The van der Waals surface area contributed by atoms with Crippen molar-refractivity contribution >= 4 is 11.8 Å². The summed E-state index contributed by atoms with van der Waals surface area (Å²) < 4.78 is 1.75. The van der Waals surface area contributed by atoms with Crippen molar-refractivity contribution < 1.29 is 9.59 Å². The maximum atomic E-state index is 13.0. The average molecular weight is 368 g/mol. The summed E-state index contributed by atoms with van der Waals surface area (Å²) in [6.45, 7) is 5.76. The zero-order chi connectivity index (χ0) is 19.3. The van der Waals surface area contributed by atoms with E-state index in [1.165, 1.54) is 0 Å². The van der Waals surface area contributed by atoms with Crippen LogP contribution in [0.2, 0.25) is 0 Å². The molecule has 2 aromatic heterocycles. The quantitative estimate of drug-likeness (QED) is 0.845.